The van der Waals surface area contributed by atoms with Crippen LogP contribution >= 0.6 is 11.8 Å². The first-order valence-corrected chi connectivity index (χ1v) is 15.3. The summed E-state index contributed by atoms with van der Waals surface area (Å²) in [5.41, 5.74) is 7.43. The summed E-state index contributed by atoms with van der Waals surface area (Å²) < 4.78 is 19.5. The summed E-state index contributed by atoms with van der Waals surface area (Å²) in [7, 11) is 0. The number of quaternary nitrogens is 1. The second-order valence-corrected chi connectivity index (χ2v) is 13.4. The molecule has 0 aromatic heterocycles. The second kappa shape index (κ2) is 10.8. The summed E-state index contributed by atoms with van der Waals surface area (Å²) in [4.78, 5) is 26.2. The van der Waals surface area contributed by atoms with Gasteiger partial charge in [0.2, 0.25) is 5.12 Å². The van der Waals surface area contributed by atoms with Crippen molar-refractivity contribution in [2.45, 2.75) is 77.4 Å². The number of aliphatic hydroxyl groups is 1. The van der Waals surface area contributed by atoms with E-state index >= 15 is 0 Å². The van der Waals surface area contributed by atoms with Gasteiger partial charge in [0, 0.05) is 41.6 Å². The lowest BCUT2D eigenvalue weighted by atomic mass is 9.45. The van der Waals surface area contributed by atoms with E-state index in [0.717, 1.165) is 48.0 Å². The molecule has 6 N–H and O–H groups in total. The van der Waals surface area contributed by atoms with Crippen LogP contribution in [0, 0.1) is 39.8 Å². The third kappa shape index (κ3) is 4.49. The van der Waals surface area contributed by atoms with Gasteiger partial charge in [-0.1, -0.05) is 38.1 Å². The van der Waals surface area contributed by atoms with Gasteiger partial charge in [0.15, 0.2) is 5.60 Å². The molecule has 7 nitrogen and oxygen atoms in total. The minimum Gasteiger partial charge on any atom is -0.449 e. The number of allylic oxidation sites excluding steroid dienone is 3. The van der Waals surface area contributed by atoms with Gasteiger partial charge < -0.3 is 21.0 Å². The maximum Gasteiger partial charge on any atom is 0.306 e. The van der Waals surface area contributed by atoms with E-state index in [9.17, 15) is 19.1 Å². The molecule has 0 bridgehead atoms. The van der Waals surface area contributed by atoms with Gasteiger partial charge in [-0.25, -0.2) is 4.39 Å². The van der Waals surface area contributed by atoms with Crippen LogP contribution in [0.3, 0.4) is 0 Å². The fourth-order valence-electron chi connectivity index (χ4n) is 8.72. The molecule has 0 amide bonds. The van der Waals surface area contributed by atoms with Crippen molar-refractivity contribution in [3.63, 3.8) is 0 Å². The normalized spacial score (nSPS) is 36.7. The number of thioether (sulfide) groups is 1. The van der Waals surface area contributed by atoms with Crippen molar-refractivity contribution >= 4 is 34.7 Å². The number of carbonyl (C=O) groups excluding carboxylic acids is 2. The Bertz CT molecular complexity index is 1270. The number of fused-ring (bicyclic) bond motifs is 5. The molecule has 0 spiro atoms. The number of nitrogens with two attached hydrogens (primary N) is 2. The fraction of sp³-hybridized carbons (Fsp3) is 0.581. The molecule has 2 unspecified atom stereocenters. The van der Waals surface area contributed by atoms with E-state index < -0.39 is 23.1 Å². The maximum atomic E-state index is 13.6. The Balaban J connectivity index is 1.48. The van der Waals surface area contributed by atoms with E-state index in [-0.39, 0.29) is 46.4 Å². The second-order valence-electron chi connectivity index (χ2n) is 12.4. The molecule has 4 aliphatic rings. The third-order valence-electron chi connectivity index (χ3n) is 10.5. The summed E-state index contributed by atoms with van der Waals surface area (Å²) in [6.45, 7) is 5.98. The molecular weight excluding hydrogens is 529 g/mol. The predicted molar refractivity (Wildman–Crippen MR) is 153 cm³/mol. The van der Waals surface area contributed by atoms with E-state index in [1.165, 1.54) is 23.9 Å². The zero-order valence-electron chi connectivity index (χ0n) is 23.5. The topological polar surface area (TPSA) is 130 Å². The van der Waals surface area contributed by atoms with Gasteiger partial charge >= 0.3 is 5.97 Å². The highest BCUT2D eigenvalue weighted by Gasteiger charge is 2.70. The van der Waals surface area contributed by atoms with Crippen LogP contribution < -0.4 is 11.1 Å². The van der Waals surface area contributed by atoms with Crippen molar-refractivity contribution in [3.05, 3.63) is 53.0 Å². The first-order valence-electron chi connectivity index (χ1n) is 14.3. The zero-order chi connectivity index (χ0) is 28.9. The Morgan fingerprint density at radius 2 is 2.00 bits per heavy atom. The van der Waals surface area contributed by atoms with Gasteiger partial charge in [-0.05, 0) is 79.9 Å². The van der Waals surface area contributed by atoms with Gasteiger partial charge in [0.1, 0.15) is 17.2 Å². The van der Waals surface area contributed by atoms with Crippen LogP contribution in [0.15, 0.2) is 47.2 Å². The lowest BCUT2D eigenvalue weighted by molar-refractivity contribution is -0.513. The van der Waals surface area contributed by atoms with Crippen LogP contribution in [0.1, 0.15) is 65.7 Å². The molecule has 216 valence electrons. The minimum absolute atomic E-state index is 0.0390. The number of ether oxygens (including phenoxy) is 1. The van der Waals surface area contributed by atoms with Crippen LogP contribution in [0.25, 0.3) is 0 Å². The van der Waals surface area contributed by atoms with Crippen LogP contribution in [0.2, 0.25) is 0 Å². The van der Waals surface area contributed by atoms with Gasteiger partial charge in [0.25, 0.3) is 0 Å². The highest BCUT2D eigenvalue weighted by molar-refractivity contribution is 8.13. The standard InChI is InChI=1S/C31H40FN3O4S/c1-4-26(37)39-31(28(38)40-17-34)12-11-23-22-10-5-19-13-24(35-21-8-6-20(32)7-9-21)18(16-33)14-29(19,2)27(22)25(36)15-30(23,31)3/h6-9,13,16,22-23,25,27,33,35-36H,4-5,10-12,14-15,17,34H2,1-3H3/p+1/t22-,23?,25-,27?,29-,30-,31-/m0/s1. The Kier molecular flexibility index (Phi) is 7.89. The summed E-state index contributed by atoms with van der Waals surface area (Å²) >= 11 is 1.00. The van der Waals surface area contributed by atoms with E-state index in [1.807, 2.05) is 12.2 Å². The Morgan fingerprint density at radius 1 is 1.27 bits per heavy atom. The SMILES string of the molecule is CCC(=O)O[C@]1(C(=O)SCN)CCC2[C@@H]3CCC4=CC([NH2+]c5ccc(F)cc5)=C(C=N)C[C@]4(C)C3[C@@H](O)C[C@@]21C. The van der Waals surface area contributed by atoms with Crippen molar-refractivity contribution in [1.29, 1.82) is 5.41 Å². The molecule has 5 rings (SSSR count). The number of hydrogen-bond donors (Lipinski definition) is 4. The largest absolute Gasteiger partial charge is 0.449 e. The van der Waals surface area contributed by atoms with Crippen molar-refractivity contribution < 1.29 is 29.1 Å². The number of halogens is 1. The van der Waals surface area contributed by atoms with Crippen LogP contribution in [-0.2, 0) is 14.3 Å². The average molecular weight is 571 g/mol. The number of benzene rings is 1. The summed E-state index contributed by atoms with van der Waals surface area (Å²) in [5, 5.41) is 21.9. The fourth-order valence-corrected chi connectivity index (χ4v) is 9.48. The first-order chi connectivity index (χ1) is 19.0. The van der Waals surface area contributed by atoms with Crippen molar-refractivity contribution in [1.82, 2.24) is 0 Å². The van der Waals surface area contributed by atoms with E-state index in [4.69, 9.17) is 15.9 Å². The number of carbonyl (C=O) groups is 2. The average Bonchev–Trinajstić information content (AvgIpc) is 3.21. The molecule has 0 heterocycles. The van der Waals surface area contributed by atoms with E-state index in [1.54, 1.807) is 19.1 Å². The molecule has 7 atom stereocenters. The molecule has 1 aromatic carbocycles. The summed E-state index contributed by atoms with van der Waals surface area (Å²) in [6.07, 6.45) is 7.01. The number of aliphatic hydroxyl groups excluding tert-OH is 1. The zero-order valence-corrected chi connectivity index (χ0v) is 24.4. The lowest BCUT2D eigenvalue weighted by Gasteiger charge is -2.60. The van der Waals surface area contributed by atoms with Gasteiger partial charge in [-0.2, -0.15) is 0 Å². The Hall–Kier alpha value is -2.33. The maximum absolute atomic E-state index is 13.6. The van der Waals surface area contributed by atoms with Gasteiger partial charge in [-0.15, -0.1) is 0 Å². The van der Waals surface area contributed by atoms with Crippen molar-refractivity contribution in [2.24, 2.45) is 34.3 Å². The molecule has 0 saturated heterocycles. The highest BCUT2D eigenvalue weighted by atomic mass is 32.2. The van der Waals surface area contributed by atoms with E-state index in [0.29, 0.717) is 19.3 Å². The molecule has 0 radical (unpaired) electrons. The molecule has 3 fully saturated rings. The van der Waals surface area contributed by atoms with Crippen molar-refractivity contribution in [3.8, 4) is 0 Å². The Labute approximate surface area is 239 Å². The molecule has 0 aliphatic heterocycles. The molecule has 1 aromatic rings. The quantitative estimate of drug-likeness (QED) is 0.167. The van der Waals surface area contributed by atoms with Crippen molar-refractivity contribution in [2.75, 3.05) is 5.88 Å². The molecular formula is C31H41FN3O4S+. The Morgan fingerprint density at radius 3 is 2.65 bits per heavy atom. The van der Waals surface area contributed by atoms with E-state index in [2.05, 4.69) is 13.0 Å². The summed E-state index contributed by atoms with van der Waals surface area (Å²) in [6, 6.07) is 6.35. The number of hydrogen-bond acceptors (Lipinski definition) is 7. The smallest absolute Gasteiger partial charge is 0.306 e. The summed E-state index contributed by atoms with van der Waals surface area (Å²) in [5.74, 6) is -0.337. The van der Waals surface area contributed by atoms with Crippen LogP contribution in [0.4, 0.5) is 10.1 Å². The molecule has 3 saturated carbocycles. The van der Waals surface area contributed by atoms with Gasteiger partial charge in [-0.3, -0.25) is 14.9 Å². The first kappa shape index (κ1) is 29.2. The van der Waals surface area contributed by atoms with Crippen LogP contribution in [0.5, 0.6) is 0 Å². The number of esters is 1. The molecule has 9 heteroatoms. The predicted octanol–water partition coefficient (Wildman–Crippen LogP) is 4.34. The van der Waals surface area contributed by atoms with Gasteiger partial charge in [0.05, 0.1) is 6.10 Å². The minimum atomic E-state index is -1.29. The molecule has 4 aliphatic carbocycles. The van der Waals surface area contributed by atoms with Crippen LogP contribution in [-0.4, -0.2) is 40.0 Å². The lowest BCUT2D eigenvalue weighted by Crippen LogP contribution is -2.76. The highest BCUT2D eigenvalue weighted by Crippen LogP contribution is 2.69. The monoisotopic (exact) mass is 570 g/mol. The third-order valence-corrected chi connectivity index (χ3v) is 11.3. The number of nitrogens with one attached hydrogen (secondary N) is 1. The molecule has 40 heavy (non-hydrogen) atoms. The number of rotatable bonds is 7.